The Balaban J connectivity index is 3.83. The third-order valence-electron chi connectivity index (χ3n) is 3.00. The molecule has 0 aliphatic rings. The maximum Gasteiger partial charge on any atom is 0.138 e. The highest BCUT2D eigenvalue weighted by Crippen LogP contribution is 2.15. The van der Waals surface area contributed by atoms with Crippen LogP contribution in [0.3, 0.4) is 0 Å². The molecule has 0 spiro atoms. The molecule has 0 aromatic carbocycles. The molecule has 0 fully saturated rings. The van der Waals surface area contributed by atoms with E-state index in [1.165, 1.54) is 32.1 Å². The number of ketones is 1. The number of unbranched alkanes of at least 4 members (excludes halogenated alkanes) is 4. The van der Waals surface area contributed by atoms with Crippen molar-refractivity contribution in [3.05, 3.63) is 0 Å². The second-order valence-corrected chi connectivity index (χ2v) is 5.98. The summed E-state index contributed by atoms with van der Waals surface area (Å²) in [6.45, 7) is 4.95. The van der Waals surface area contributed by atoms with Crippen molar-refractivity contribution in [2.24, 2.45) is 5.92 Å². The summed E-state index contributed by atoms with van der Waals surface area (Å²) in [7, 11) is 6.48. The molecule has 2 nitrogen and oxygen atoms in total. The lowest BCUT2D eigenvalue weighted by molar-refractivity contribution is -0.872. The van der Waals surface area contributed by atoms with Gasteiger partial charge < -0.3 is 4.48 Å². The van der Waals surface area contributed by atoms with Gasteiger partial charge >= 0.3 is 0 Å². The van der Waals surface area contributed by atoms with Crippen molar-refractivity contribution in [1.29, 1.82) is 0 Å². The molecule has 0 heterocycles. The Morgan fingerprint density at radius 2 is 1.62 bits per heavy atom. The molecule has 0 aliphatic carbocycles. The van der Waals surface area contributed by atoms with E-state index in [1.807, 2.05) is 0 Å². The fourth-order valence-corrected chi connectivity index (χ4v) is 2.08. The number of nitrogens with zero attached hydrogens (tertiary/aromatic N) is 1. The average Bonchev–Trinajstić information content (AvgIpc) is 2.13. The lowest BCUT2D eigenvalue weighted by atomic mass is 9.96. The van der Waals surface area contributed by atoms with Crippen LogP contribution in [-0.2, 0) is 4.79 Å². The van der Waals surface area contributed by atoms with E-state index in [-0.39, 0.29) is 5.92 Å². The molecule has 0 aliphatic heterocycles. The molecular weight excluding hydrogens is 198 g/mol. The van der Waals surface area contributed by atoms with E-state index in [2.05, 4.69) is 28.1 Å². The van der Waals surface area contributed by atoms with Gasteiger partial charge in [-0.15, -0.1) is 0 Å². The van der Waals surface area contributed by atoms with E-state index in [0.717, 1.165) is 17.4 Å². The van der Waals surface area contributed by atoms with Crippen molar-refractivity contribution in [2.45, 2.75) is 52.4 Å². The molecule has 0 rings (SSSR count). The fourth-order valence-electron chi connectivity index (χ4n) is 2.08. The van der Waals surface area contributed by atoms with Gasteiger partial charge in [0.1, 0.15) is 5.78 Å². The zero-order chi connectivity index (χ0) is 12.6. The molecule has 0 saturated carbocycles. The van der Waals surface area contributed by atoms with Crippen molar-refractivity contribution >= 4 is 5.78 Å². The largest absolute Gasteiger partial charge is 0.330 e. The molecule has 16 heavy (non-hydrogen) atoms. The molecule has 0 radical (unpaired) electrons. The molecule has 0 saturated heterocycles. The molecule has 2 heteroatoms. The number of hydrogen-bond acceptors (Lipinski definition) is 1. The second-order valence-electron chi connectivity index (χ2n) is 5.98. The molecule has 0 amide bonds. The van der Waals surface area contributed by atoms with Crippen LogP contribution < -0.4 is 0 Å². The van der Waals surface area contributed by atoms with Crippen LogP contribution in [0.5, 0.6) is 0 Å². The zero-order valence-corrected chi connectivity index (χ0v) is 11.9. The summed E-state index contributed by atoms with van der Waals surface area (Å²) < 4.78 is 0.888. The van der Waals surface area contributed by atoms with Crippen molar-refractivity contribution in [2.75, 3.05) is 27.7 Å². The minimum atomic E-state index is 0.265. The van der Waals surface area contributed by atoms with Crippen molar-refractivity contribution in [3.8, 4) is 0 Å². The summed E-state index contributed by atoms with van der Waals surface area (Å²) in [5.41, 5.74) is 0. The maximum absolute atomic E-state index is 11.5. The van der Waals surface area contributed by atoms with Crippen LogP contribution in [0.1, 0.15) is 52.4 Å². The van der Waals surface area contributed by atoms with Gasteiger partial charge in [-0.05, 0) is 13.3 Å². The van der Waals surface area contributed by atoms with Crippen LogP contribution in [0.2, 0.25) is 0 Å². The van der Waals surface area contributed by atoms with E-state index >= 15 is 0 Å². The van der Waals surface area contributed by atoms with Crippen molar-refractivity contribution in [3.63, 3.8) is 0 Å². The molecule has 1 unspecified atom stereocenters. The average molecular weight is 228 g/mol. The first-order chi connectivity index (χ1) is 7.37. The van der Waals surface area contributed by atoms with Crippen molar-refractivity contribution < 1.29 is 9.28 Å². The van der Waals surface area contributed by atoms with Crippen LogP contribution in [0, 0.1) is 5.92 Å². The first-order valence-electron chi connectivity index (χ1n) is 6.67. The number of hydrogen-bond donors (Lipinski definition) is 0. The van der Waals surface area contributed by atoms with E-state index in [1.54, 1.807) is 6.92 Å². The summed E-state index contributed by atoms with van der Waals surface area (Å²) in [6.07, 6.45) is 7.52. The number of carbonyl (C=O) groups is 1. The Bertz CT molecular complexity index is 193. The normalized spacial score (nSPS) is 13.8. The van der Waals surface area contributed by atoms with E-state index in [4.69, 9.17) is 0 Å². The van der Waals surface area contributed by atoms with E-state index < -0.39 is 0 Å². The van der Waals surface area contributed by atoms with Gasteiger partial charge in [-0.1, -0.05) is 39.0 Å². The van der Waals surface area contributed by atoms with Gasteiger partial charge in [0.15, 0.2) is 0 Å². The van der Waals surface area contributed by atoms with Crippen LogP contribution in [0.4, 0.5) is 0 Å². The highest BCUT2D eigenvalue weighted by molar-refractivity contribution is 5.78. The lowest BCUT2D eigenvalue weighted by Gasteiger charge is -2.28. The molecular formula is C14H30NO+. The van der Waals surface area contributed by atoms with Crippen LogP contribution in [0.15, 0.2) is 0 Å². The lowest BCUT2D eigenvalue weighted by Crippen LogP contribution is -2.41. The topological polar surface area (TPSA) is 17.1 Å². The zero-order valence-electron chi connectivity index (χ0n) is 11.9. The third kappa shape index (κ3) is 8.90. The predicted octanol–water partition coefficient (Wildman–Crippen LogP) is 3.26. The summed E-state index contributed by atoms with van der Waals surface area (Å²) >= 11 is 0. The van der Waals surface area contributed by atoms with Gasteiger partial charge in [0.25, 0.3) is 0 Å². The van der Waals surface area contributed by atoms with Gasteiger partial charge in [0.2, 0.25) is 0 Å². The van der Waals surface area contributed by atoms with Gasteiger partial charge in [-0.25, -0.2) is 0 Å². The molecule has 0 aromatic heterocycles. The van der Waals surface area contributed by atoms with Gasteiger partial charge in [0, 0.05) is 0 Å². The maximum atomic E-state index is 11.5. The number of quaternary nitrogens is 1. The summed E-state index contributed by atoms with van der Waals surface area (Å²) in [5.74, 6) is 0.630. The van der Waals surface area contributed by atoms with Gasteiger partial charge in [-0.2, -0.15) is 0 Å². The first-order valence-corrected chi connectivity index (χ1v) is 6.67. The minimum Gasteiger partial charge on any atom is -0.330 e. The Hall–Kier alpha value is -0.370. The number of carbonyl (C=O) groups excluding carboxylic acids is 1. The van der Waals surface area contributed by atoms with Crippen LogP contribution in [-0.4, -0.2) is 38.0 Å². The summed E-state index contributed by atoms with van der Waals surface area (Å²) in [6, 6.07) is 0. The van der Waals surface area contributed by atoms with Crippen LogP contribution >= 0.6 is 0 Å². The fraction of sp³-hybridized carbons (Fsp3) is 0.929. The SMILES string of the molecule is CCCCCCCC(C[N+](C)(C)C)C(C)=O. The van der Waals surface area contributed by atoms with E-state index in [0.29, 0.717) is 5.78 Å². The number of Topliss-reactive ketones (excluding diaryl/α,β-unsaturated/α-hetero) is 1. The molecule has 0 N–H and O–H groups in total. The highest BCUT2D eigenvalue weighted by Gasteiger charge is 2.21. The Kier molecular flexibility index (Phi) is 7.65. The summed E-state index contributed by atoms with van der Waals surface area (Å²) in [5, 5.41) is 0. The minimum absolute atomic E-state index is 0.265. The van der Waals surface area contributed by atoms with Crippen molar-refractivity contribution in [1.82, 2.24) is 0 Å². The monoisotopic (exact) mass is 228 g/mol. The molecule has 96 valence electrons. The van der Waals surface area contributed by atoms with E-state index in [9.17, 15) is 4.79 Å². The number of rotatable bonds is 9. The molecule has 1 atom stereocenters. The Morgan fingerprint density at radius 3 is 2.06 bits per heavy atom. The summed E-state index contributed by atoms with van der Waals surface area (Å²) in [4.78, 5) is 11.5. The van der Waals surface area contributed by atoms with Gasteiger partial charge in [0.05, 0.1) is 33.6 Å². The Morgan fingerprint density at radius 1 is 1.06 bits per heavy atom. The highest BCUT2D eigenvalue weighted by atomic mass is 16.1. The molecule has 0 aromatic rings. The quantitative estimate of drug-likeness (QED) is 0.437. The third-order valence-corrected chi connectivity index (χ3v) is 3.00. The predicted molar refractivity (Wildman–Crippen MR) is 70.4 cm³/mol. The molecule has 0 bridgehead atoms. The second kappa shape index (κ2) is 7.83. The standard InChI is InChI=1S/C14H30NO/c1-6-7-8-9-10-11-14(13(2)16)12-15(3,4)5/h14H,6-12H2,1-5H3/q+1. The Labute approximate surface area is 102 Å². The van der Waals surface area contributed by atoms with Gasteiger partial charge in [-0.3, -0.25) is 4.79 Å². The smallest absolute Gasteiger partial charge is 0.138 e. The van der Waals surface area contributed by atoms with Crippen LogP contribution in [0.25, 0.3) is 0 Å². The first kappa shape index (κ1) is 15.6.